The summed E-state index contributed by atoms with van der Waals surface area (Å²) in [6.45, 7) is 0. The van der Waals surface area contributed by atoms with Crippen LogP contribution in [0.1, 0.15) is 17.6 Å². The van der Waals surface area contributed by atoms with Gasteiger partial charge >= 0.3 is 0 Å². The topological polar surface area (TPSA) is 59.2 Å². The summed E-state index contributed by atoms with van der Waals surface area (Å²) in [6.07, 6.45) is -1.02. The fourth-order valence-corrected chi connectivity index (χ4v) is 1.88. The average molecular weight is 270 g/mol. The molecule has 1 atom stereocenters. The summed E-state index contributed by atoms with van der Waals surface area (Å²) in [5.74, 6) is -0.281. The van der Waals surface area contributed by atoms with Crippen molar-refractivity contribution in [2.45, 2.75) is 6.10 Å². The van der Waals surface area contributed by atoms with Gasteiger partial charge in [-0.2, -0.15) is 4.98 Å². The van der Waals surface area contributed by atoms with Gasteiger partial charge in [0.1, 0.15) is 5.82 Å². The van der Waals surface area contributed by atoms with E-state index in [2.05, 4.69) is 10.1 Å². The van der Waals surface area contributed by atoms with Gasteiger partial charge in [-0.15, -0.1) is 0 Å². The normalized spacial score (nSPS) is 12.3. The summed E-state index contributed by atoms with van der Waals surface area (Å²) in [6, 6.07) is 15.1. The van der Waals surface area contributed by atoms with Crippen molar-refractivity contribution >= 4 is 0 Å². The highest BCUT2D eigenvalue weighted by Crippen LogP contribution is 2.24. The lowest BCUT2D eigenvalue weighted by Crippen LogP contribution is -1.99. The van der Waals surface area contributed by atoms with E-state index in [9.17, 15) is 9.50 Å². The van der Waals surface area contributed by atoms with Gasteiger partial charge in [-0.1, -0.05) is 47.6 Å². The first-order chi connectivity index (χ1) is 9.75. The predicted octanol–water partition coefficient (Wildman–Crippen LogP) is 2.96. The molecule has 0 aliphatic rings. The van der Waals surface area contributed by atoms with Gasteiger partial charge < -0.3 is 9.63 Å². The zero-order chi connectivity index (χ0) is 13.9. The highest BCUT2D eigenvalue weighted by molar-refractivity contribution is 5.54. The number of aromatic nitrogens is 2. The molecule has 1 heterocycles. The molecule has 2 aromatic carbocycles. The summed E-state index contributed by atoms with van der Waals surface area (Å²) < 4.78 is 18.6. The number of aliphatic hydroxyl groups is 1. The Morgan fingerprint density at radius 1 is 1.00 bits per heavy atom. The molecule has 20 heavy (non-hydrogen) atoms. The lowest BCUT2D eigenvalue weighted by atomic mass is 10.1. The first-order valence-corrected chi connectivity index (χ1v) is 6.07. The monoisotopic (exact) mass is 270 g/mol. The molecule has 5 heteroatoms. The van der Waals surface area contributed by atoms with Gasteiger partial charge in [0.15, 0.2) is 6.10 Å². The summed E-state index contributed by atoms with van der Waals surface area (Å²) in [4.78, 5) is 4.05. The molecule has 0 spiro atoms. The third-order valence-corrected chi connectivity index (χ3v) is 2.91. The van der Waals surface area contributed by atoms with Crippen molar-refractivity contribution in [2.24, 2.45) is 0 Å². The Hall–Kier alpha value is -2.53. The van der Waals surface area contributed by atoms with Crippen LogP contribution >= 0.6 is 0 Å². The van der Waals surface area contributed by atoms with E-state index in [1.54, 1.807) is 42.5 Å². The third-order valence-electron chi connectivity index (χ3n) is 2.91. The molecule has 0 radical (unpaired) electrons. The Balaban J connectivity index is 1.93. The predicted molar refractivity (Wildman–Crippen MR) is 70.2 cm³/mol. The van der Waals surface area contributed by atoms with Gasteiger partial charge in [0.25, 0.3) is 5.89 Å². The van der Waals surface area contributed by atoms with E-state index in [0.717, 1.165) is 0 Å². The van der Waals surface area contributed by atoms with Crippen molar-refractivity contribution in [1.82, 2.24) is 10.1 Å². The highest BCUT2D eigenvalue weighted by atomic mass is 19.1. The van der Waals surface area contributed by atoms with E-state index in [0.29, 0.717) is 5.56 Å². The van der Waals surface area contributed by atoms with Crippen LogP contribution in [-0.4, -0.2) is 15.2 Å². The number of nitrogens with zero attached hydrogens (tertiary/aromatic N) is 2. The molecular weight excluding hydrogens is 259 g/mol. The minimum Gasteiger partial charge on any atom is -0.378 e. The first-order valence-electron chi connectivity index (χ1n) is 6.07. The van der Waals surface area contributed by atoms with Crippen LogP contribution in [-0.2, 0) is 0 Å². The van der Waals surface area contributed by atoms with Gasteiger partial charge in [0.05, 0.1) is 5.56 Å². The van der Waals surface area contributed by atoms with Crippen molar-refractivity contribution in [3.05, 3.63) is 71.9 Å². The number of aliphatic hydroxyl groups excluding tert-OH is 1. The minimum absolute atomic E-state index is 0.0365. The molecule has 1 aromatic heterocycles. The van der Waals surface area contributed by atoms with Crippen LogP contribution in [0, 0.1) is 5.82 Å². The molecule has 1 N–H and O–H groups in total. The van der Waals surface area contributed by atoms with Crippen LogP contribution in [0.4, 0.5) is 4.39 Å². The van der Waals surface area contributed by atoms with E-state index >= 15 is 0 Å². The maximum Gasteiger partial charge on any atom is 0.260 e. The number of rotatable bonds is 3. The zero-order valence-electron chi connectivity index (χ0n) is 10.4. The quantitative estimate of drug-likeness (QED) is 0.795. The number of halogens is 1. The van der Waals surface area contributed by atoms with E-state index in [1.807, 2.05) is 6.07 Å². The summed E-state index contributed by atoms with van der Waals surface area (Å²) >= 11 is 0. The van der Waals surface area contributed by atoms with Gasteiger partial charge in [-0.05, 0) is 17.7 Å². The van der Waals surface area contributed by atoms with Crippen LogP contribution < -0.4 is 0 Å². The van der Waals surface area contributed by atoms with Gasteiger partial charge in [-0.25, -0.2) is 4.39 Å². The fraction of sp³-hybridized carbons (Fsp3) is 0.0667. The van der Waals surface area contributed by atoms with Crippen LogP contribution in [0.25, 0.3) is 11.4 Å². The lowest BCUT2D eigenvalue weighted by molar-refractivity contribution is 0.170. The molecule has 0 saturated carbocycles. The molecule has 0 saturated heterocycles. The molecule has 4 nitrogen and oxygen atoms in total. The van der Waals surface area contributed by atoms with E-state index in [-0.39, 0.29) is 17.3 Å². The van der Waals surface area contributed by atoms with Crippen molar-refractivity contribution in [3.8, 4) is 11.4 Å². The van der Waals surface area contributed by atoms with Crippen LogP contribution in [0.2, 0.25) is 0 Å². The average Bonchev–Trinajstić information content (AvgIpc) is 2.97. The zero-order valence-corrected chi connectivity index (χ0v) is 10.4. The molecule has 3 aromatic rings. The summed E-state index contributed by atoms with van der Waals surface area (Å²) in [7, 11) is 0. The molecular formula is C15H11FN2O2. The Morgan fingerprint density at radius 2 is 1.70 bits per heavy atom. The number of hydrogen-bond acceptors (Lipinski definition) is 4. The van der Waals surface area contributed by atoms with E-state index < -0.39 is 11.9 Å². The Kier molecular flexibility index (Phi) is 3.26. The molecule has 0 amide bonds. The molecule has 0 bridgehead atoms. The Labute approximate surface area is 114 Å². The largest absolute Gasteiger partial charge is 0.378 e. The van der Waals surface area contributed by atoms with Crippen LogP contribution in [0.5, 0.6) is 0 Å². The van der Waals surface area contributed by atoms with Crippen molar-refractivity contribution in [1.29, 1.82) is 0 Å². The third kappa shape index (κ3) is 2.31. The molecule has 0 fully saturated rings. The second-order valence-electron chi connectivity index (χ2n) is 4.25. The standard InChI is InChI=1S/C15H11FN2O2/c16-12-9-5-4-8-11(12)14-17-15(20-18-14)13(19)10-6-2-1-3-7-10/h1-9,13,19H. The number of hydrogen-bond donors (Lipinski definition) is 1. The molecule has 0 aliphatic heterocycles. The van der Waals surface area contributed by atoms with Crippen LogP contribution in [0.3, 0.4) is 0 Å². The van der Waals surface area contributed by atoms with E-state index in [1.165, 1.54) is 6.07 Å². The first kappa shape index (κ1) is 12.5. The highest BCUT2D eigenvalue weighted by Gasteiger charge is 2.19. The number of benzene rings is 2. The molecule has 1 unspecified atom stereocenters. The van der Waals surface area contributed by atoms with E-state index in [4.69, 9.17) is 4.52 Å². The summed E-state index contributed by atoms with van der Waals surface area (Å²) in [5, 5.41) is 13.8. The van der Waals surface area contributed by atoms with Crippen molar-refractivity contribution < 1.29 is 14.0 Å². The molecule has 3 rings (SSSR count). The van der Waals surface area contributed by atoms with Crippen LogP contribution in [0.15, 0.2) is 59.1 Å². The smallest absolute Gasteiger partial charge is 0.260 e. The molecule has 100 valence electrons. The Morgan fingerprint density at radius 3 is 2.45 bits per heavy atom. The minimum atomic E-state index is -1.02. The SMILES string of the molecule is OC(c1ccccc1)c1nc(-c2ccccc2F)no1. The second kappa shape index (κ2) is 5.22. The van der Waals surface area contributed by atoms with Crippen molar-refractivity contribution in [2.75, 3.05) is 0 Å². The maximum atomic E-state index is 13.6. The lowest BCUT2D eigenvalue weighted by Gasteiger charge is -2.04. The second-order valence-corrected chi connectivity index (χ2v) is 4.25. The fourth-order valence-electron chi connectivity index (χ4n) is 1.88. The van der Waals surface area contributed by atoms with Gasteiger partial charge in [-0.3, -0.25) is 0 Å². The maximum absolute atomic E-state index is 13.6. The molecule has 0 aliphatic carbocycles. The van der Waals surface area contributed by atoms with Gasteiger partial charge in [0.2, 0.25) is 5.82 Å². The summed E-state index contributed by atoms with van der Waals surface area (Å²) in [5.41, 5.74) is 0.874. The van der Waals surface area contributed by atoms with Crippen molar-refractivity contribution in [3.63, 3.8) is 0 Å². The Bertz CT molecular complexity index is 713. The van der Waals surface area contributed by atoms with Gasteiger partial charge in [0, 0.05) is 0 Å².